The van der Waals surface area contributed by atoms with Crippen molar-refractivity contribution < 1.29 is 10.2 Å². The lowest BCUT2D eigenvalue weighted by Crippen LogP contribution is -2.03. The summed E-state index contributed by atoms with van der Waals surface area (Å²) in [6.07, 6.45) is 0. The lowest BCUT2D eigenvalue weighted by molar-refractivity contribution is 0.559. The molecule has 0 atom stereocenters. The fourth-order valence-electron chi connectivity index (χ4n) is 0. The highest BCUT2D eigenvalue weighted by atomic mass is 32.1. The van der Waals surface area contributed by atoms with Gasteiger partial charge in [0.25, 0.3) is 10.3 Å². The van der Waals surface area contributed by atoms with Crippen molar-refractivity contribution in [2.75, 3.05) is 14.1 Å². The van der Waals surface area contributed by atoms with E-state index in [0.717, 1.165) is 0 Å². The second-order valence-electron chi connectivity index (χ2n) is 1.18. The van der Waals surface area contributed by atoms with Gasteiger partial charge in [0, 0.05) is 0 Å². The van der Waals surface area contributed by atoms with Crippen molar-refractivity contribution in [2.24, 2.45) is 11.5 Å². The van der Waals surface area contributed by atoms with E-state index in [1.165, 1.54) is 0 Å². The van der Waals surface area contributed by atoms with Gasteiger partial charge in [0.1, 0.15) is 0 Å². The summed E-state index contributed by atoms with van der Waals surface area (Å²) in [6, 6.07) is 0. The quantitative estimate of drug-likeness (QED) is 0.411. The monoisotopic (exact) mass is 247 g/mol. The molecule has 7 heteroatoms. The average Bonchev–Trinajstić information content (AvgIpc) is 1.60. The van der Waals surface area contributed by atoms with Crippen molar-refractivity contribution in [2.45, 2.75) is 22.3 Å². The van der Waals surface area contributed by atoms with E-state index in [4.69, 9.17) is 10.2 Å². The Kier molecular flexibility index (Phi) is 106. The molecule has 0 aromatic carbocycles. The van der Waals surface area contributed by atoms with Crippen LogP contribution >= 0.6 is 24.4 Å². The van der Waals surface area contributed by atoms with Gasteiger partial charge >= 0.3 is 0 Å². The van der Waals surface area contributed by atoms with Gasteiger partial charge in [-0.25, -0.2) is 0 Å². The second-order valence-corrected chi connectivity index (χ2v) is 2.01. The molecule has 0 rings (SSSR count). The van der Waals surface area contributed by atoms with E-state index in [-0.39, 0.29) is 22.3 Å². The summed E-state index contributed by atoms with van der Waals surface area (Å²) in [6.45, 7) is 0. The van der Waals surface area contributed by atoms with Crippen LogP contribution in [0.5, 0.6) is 0 Å². The Balaban J connectivity index is -0.0000000156. The molecule has 0 saturated carbocycles. The van der Waals surface area contributed by atoms with Gasteiger partial charge in [-0.3, -0.25) is 0 Å². The highest BCUT2D eigenvalue weighted by Gasteiger charge is 1.57. The number of hydrogen-bond donors (Lipinski definition) is 5. The number of aliphatic hydroxyl groups excluding tert-OH is 2. The first-order chi connectivity index (χ1) is 4.88. The summed E-state index contributed by atoms with van der Waals surface area (Å²) in [4.78, 5) is 0. The first kappa shape index (κ1) is 37.7. The maximum absolute atomic E-state index is 7.56. The first-order valence-corrected chi connectivity index (χ1v) is 3.25. The standard InChI is InChI=1S/C2H7N.2CH3NOS.3CH4/c1-3-2;2*2-1(3)4;;;/h3H,1-2H3;2*(H3,2,3,4);3*1H4. The molecule has 0 unspecified atom stereocenters. The molecule has 0 saturated heterocycles. The molecule has 0 fully saturated rings. The molecule has 0 amide bonds. The van der Waals surface area contributed by atoms with Gasteiger partial charge in [-0.1, -0.05) is 22.3 Å². The predicted octanol–water partition coefficient (Wildman–Crippen LogP) is 1.32. The smallest absolute Gasteiger partial charge is 0.251 e. The Morgan fingerprint density at radius 2 is 0.929 bits per heavy atom. The minimum atomic E-state index is -0.500. The highest BCUT2D eigenvalue weighted by Crippen LogP contribution is 1.40. The third-order valence-electron chi connectivity index (χ3n) is 0. The number of hydrogen-bond acceptors (Lipinski definition) is 3. The van der Waals surface area contributed by atoms with Gasteiger partial charge in [0.05, 0.1) is 0 Å². The Morgan fingerprint density at radius 1 is 0.929 bits per heavy atom. The molecule has 7 N–H and O–H groups in total. The molecule has 0 bridgehead atoms. The fraction of sp³-hybridized carbons (Fsp3) is 0.714. The summed E-state index contributed by atoms with van der Waals surface area (Å²) in [5.74, 6) is 0. The van der Waals surface area contributed by atoms with Crippen molar-refractivity contribution in [3.8, 4) is 0 Å². The maximum atomic E-state index is 7.56. The van der Waals surface area contributed by atoms with E-state index in [2.05, 4.69) is 41.2 Å². The maximum Gasteiger partial charge on any atom is 0.251 e. The van der Waals surface area contributed by atoms with Crippen molar-refractivity contribution in [3.63, 3.8) is 0 Å². The molecular formula is C7H25N3O2S2. The lowest BCUT2D eigenvalue weighted by atomic mass is 11.3. The summed E-state index contributed by atoms with van der Waals surface area (Å²) < 4.78 is 0. The summed E-state index contributed by atoms with van der Waals surface area (Å²) in [5.41, 5.74) is 8.80. The number of thiocarbonyl (C=S) groups is 2. The van der Waals surface area contributed by atoms with Gasteiger partial charge in [0.15, 0.2) is 0 Å². The second kappa shape index (κ2) is 39.5. The average molecular weight is 247 g/mol. The van der Waals surface area contributed by atoms with Gasteiger partial charge in [-0.15, -0.1) is 0 Å². The molecule has 0 aliphatic carbocycles. The van der Waals surface area contributed by atoms with Gasteiger partial charge in [0.2, 0.25) is 0 Å². The molecular weight excluding hydrogens is 222 g/mol. The van der Waals surface area contributed by atoms with E-state index >= 15 is 0 Å². The zero-order valence-electron chi connectivity index (χ0n) is 6.37. The van der Waals surface area contributed by atoms with Crippen molar-refractivity contribution in [1.82, 2.24) is 5.32 Å². The molecule has 0 aromatic rings. The van der Waals surface area contributed by atoms with Crippen LogP contribution in [-0.4, -0.2) is 34.7 Å². The van der Waals surface area contributed by atoms with Crippen LogP contribution in [0.2, 0.25) is 0 Å². The van der Waals surface area contributed by atoms with Crippen molar-refractivity contribution in [3.05, 3.63) is 0 Å². The molecule has 5 nitrogen and oxygen atoms in total. The number of rotatable bonds is 0. The molecule has 0 aliphatic rings. The third-order valence-corrected chi connectivity index (χ3v) is 0. The van der Waals surface area contributed by atoms with Crippen LogP contribution in [0.3, 0.4) is 0 Å². The summed E-state index contributed by atoms with van der Waals surface area (Å²) >= 11 is 7.74. The molecule has 0 spiro atoms. The Bertz CT molecular complexity index is 93.1. The van der Waals surface area contributed by atoms with Crippen LogP contribution in [-0.2, 0) is 0 Å². The van der Waals surface area contributed by atoms with Gasteiger partial charge in [-0.05, 0) is 38.5 Å². The molecule has 92 valence electrons. The highest BCUT2D eigenvalue weighted by molar-refractivity contribution is 7.80. The largest absolute Gasteiger partial charge is 0.487 e. The van der Waals surface area contributed by atoms with Crippen LogP contribution in [0, 0.1) is 0 Å². The van der Waals surface area contributed by atoms with Crippen LogP contribution < -0.4 is 16.8 Å². The molecule has 0 aliphatic heterocycles. The van der Waals surface area contributed by atoms with Crippen LogP contribution in [0.1, 0.15) is 22.3 Å². The Hall–Kier alpha value is -0.660. The predicted molar refractivity (Wildman–Crippen MR) is 74.0 cm³/mol. The zero-order chi connectivity index (χ0) is 9.86. The fourth-order valence-corrected chi connectivity index (χ4v) is 0. The van der Waals surface area contributed by atoms with E-state index < -0.39 is 10.3 Å². The van der Waals surface area contributed by atoms with Crippen LogP contribution in [0.15, 0.2) is 0 Å². The minimum Gasteiger partial charge on any atom is -0.487 e. The minimum absolute atomic E-state index is 0. The van der Waals surface area contributed by atoms with E-state index in [1.54, 1.807) is 0 Å². The lowest BCUT2D eigenvalue weighted by Gasteiger charge is -1.67. The Labute approximate surface area is 98.5 Å². The summed E-state index contributed by atoms with van der Waals surface area (Å²) in [5, 5.41) is 16.9. The molecule has 0 heterocycles. The van der Waals surface area contributed by atoms with Crippen LogP contribution in [0.25, 0.3) is 0 Å². The zero-order valence-corrected chi connectivity index (χ0v) is 8.00. The van der Waals surface area contributed by atoms with E-state index in [1.807, 2.05) is 14.1 Å². The molecule has 0 aromatic heterocycles. The summed E-state index contributed by atoms with van der Waals surface area (Å²) in [7, 11) is 3.75. The van der Waals surface area contributed by atoms with Crippen LogP contribution in [0.4, 0.5) is 0 Å². The van der Waals surface area contributed by atoms with Crippen molar-refractivity contribution in [1.29, 1.82) is 0 Å². The van der Waals surface area contributed by atoms with Crippen molar-refractivity contribution >= 4 is 34.8 Å². The van der Waals surface area contributed by atoms with E-state index in [9.17, 15) is 0 Å². The third kappa shape index (κ3) is 2780. The Morgan fingerprint density at radius 3 is 0.929 bits per heavy atom. The number of aliphatic hydroxyl groups is 2. The number of nitrogens with two attached hydrogens (primary N) is 2. The van der Waals surface area contributed by atoms with E-state index in [0.29, 0.717) is 0 Å². The number of nitrogens with one attached hydrogen (secondary N) is 1. The molecule has 0 radical (unpaired) electrons. The normalized spacial score (nSPS) is 4.71. The molecule has 14 heavy (non-hydrogen) atoms. The topological polar surface area (TPSA) is 105 Å². The van der Waals surface area contributed by atoms with Gasteiger partial charge in [-0.2, -0.15) is 0 Å². The first-order valence-electron chi connectivity index (χ1n) is 2.43. The van der Waals surface area contributed by atoms with Gasteiger partial charge < -0.3 is 27.0 Å². The SMILES string of the molecule is C.C.C.CNC.NC(O)=S.NC(O)=S.